The van der Waals surface area contributed by atoms with Gasteiger partial charge in [-0.05, 0) is 36.2 Å². The first-order valence-electron chi connectivity index (χ1n) is 7.83. The van der Waals surface area contributed by atoms with Gasteiger partial charge in [0, 0.05) is 18.7 Å². The molecule has 2 aromatic rings. The second kappa shape index (κ2) is 6.65. The van der Waals surface area contributed by atoms with Gasteiger partial charge in [0.2, 0.25) is 5.91 Å². The Morgan fingerprint density at radius 2 is 1.83 bits per heavy atom. The van der Waals surface area contributed by atoms with Crippen LogP contribution in [0.1, 0.15) is 18.9 Å². The molecule has 0 spiro atoms. The Kier molecular flexibility index (Phi) is 4.42. The summed E-state index contributed by atoms with van der Waals surface area (Å²) >= 11 is 0. The number of carbonyl (C=O) groups is 2. The fourth-order valence-electron chi connectivity index (χ4n) is 2.71. The molecule has 1 fully saturated rings. The maximum absolute atomic E-state index is 12.2. The van der Waals surface area contributed by atoms with Crippen molar-refractivity contribution in [2.24, 2.45) is 5.92 Å². The monoisotopic (exact) mass is 309 g/mol. The van der Waals surface area contributed by atoms with E-state index in [4.69, 9.17) is 4.74 Å². The largest absolute Gasteiger partial charge is 0.426 e. The highest BCUT2D eigenvalue weighted by Gasteiger charge is 2.36. The van der Waals surface area contributed by atoms with Crippen LogP contribution in [0.3, 0.4) is 0 Å². The van der Waals surface area contributed by atoms with E-state index in [1.54, 1.807) is 17.0 Å². The molecule has 0 aromatic heterocycles. The number of hydrogen-bond acceptors (Lipinski definition) is 3. The maximum Gasteiger partial charge on any atom is 0.316 e. The molecule has 2 aromatic carbocycles. The minimum absolute atomic E-state index is 0.0377. The van der Waals surface area contributed by atoms with Crippen LogP contribution in [-0.2, 0) is 16.0 Å². The molecular formula is C19H19NO3. The SMILES string of the molecule is CCc1ccc(N2C[C@H](C(=O)Oc3ccccc3)CC2=O)cc1. The Bertz CT molecular complexity index is 694. The van der Waals surface area contributed by atoms with Crippen LogP contribution in [0.5, 0.6) is 5.75 Å². The molecule has 1 amide bonds. The molecule has 1 saturated heterocycles. The van der Waals surface area contributed by atoms with Crippen molar-refractivity contribution in [3.05, 3.63) is 60.2 Å². The molecule has 1 atom stereocenters. The van der Waals surface area contributed by atoms with E-state index in [-0.39, 0.29) is 18.3 Å². The molecule has 0 saturated carbocycles. The Balaban J connectivity index is 1.67. The summed E-state index contributed by atoms with van der Waals surface area (Å²) in [5, 5.41) is 0. The molecule has 1 aliphatic rings. The van der Waals surface area contributed by atoms with Gasteiger partial charge in [-0.25, -0.2) is 0 Å². The highest BCUT2D eigenvalue weighted by Crippen LogP contribution is 2.26. The van der Waals surface area contributed by atoms with Gasteiger partial charge in [-0.1, -0.05) is 37.3 Å². The van der Waals surface area contributed by atoms with Gasteiger partial charge in [-0.2, -0.15) is 0 Å². The minimum Gasteiger partial charge on any atom is -0.426 e. The molecule has 0 radical (unpaired) electrons. The molecular weight excluding hydrogens is 290 g/mol. The molecule has 1 aliphatic heterocycles. The van der Waals surface area contributed by atoms with Crippen molar-refractivity contribution in [3.63, 3.8) is 0 Å². The molecule has 1 heterocycles. The number of rotatable bonds is 4. The number of ether oxygens (including phenoxy) is 1. The van der Waals surface area contributed by atoms with Gasteiger partial charge < -0.3 is 9.64 Å². The van der Waals surface area contributed by atoms with Crippen LogP contribution < -0.4 is 9.64 Å². The van der Waals surface area contributed by atoms with Crippen LogP contribution in [-0.4, -0.2) is 18.4 Å². The van der Waals surface area contributed by atoms with Crippen LogP contribution >= 0.6 is 0 Å². The lowest BCUT2D eigenvalue weighted by atomic mass is 10.1. The molecule has 118 valence electrons. The van der Waals surface area contributed by atoms with Crippen molar-refractivity contribution in [2.45, 2.75) is 19.8 Å². The maximum atomic E-state index is 12.2. The van der Waals surface area contributed by atoms with E-state index in [2.05, 4.69) is 6.92 Å². The van der Waals surface area contributed by atoms with E-state index >= 15 is 0 Å². The molecule has 4 nitrogen and oxygen atoms in total. The zero-order valence-electron chi connectivity index (χ0n) is 13.1. The summed E-state index contributed by atoms with van der Waals surface area (Å²) in [6.45, 7) is 2.46. The van der Waals surface area contributed by atoms with E-state index < -0.39 is 5.92 Å². The number of carbonyl (C=O) groups excluding carboxylic acids is 2. The third-order valence-electron chi connectivity index (χ3n) is 4.08. The Morgan fingerprint density at radius 1 is 1.13 bits per heavy atom. The van der Waals surface area contributed by atoms with Crippen LogP contribution in [0.2, 0.25) is 0 Å². The Morgan fingerprint density at radius 3 is 2.48 bits per heavy atom. The first-order valence-corrected chi connectivity index (χ1v) is 7.83. The van der Waals surface area contributed by atoms with Gasteiger partial charge in [-0.3, -0.25) is 9.59 Å². The standard InChI is InChI=1S/C19H19NO3/c1-2-14-8-10-16(11-9-14)20-13-15(12-18(20)21)19(22)23-17-6-4-3-5-7-17/h3-11,15H,2,12-13H2,1H3/t15-/m1/s1. The van der Waals surface area contributed by atoms with Crippen LogP contribution in [0.15, 0.2) is 54.6 Å². The predicted octanol–water partition coefficient (Wildman–Crippen LogP) is 3.21. The van der Waals surface area contributed by atoms with Crippen molar-refractivity contribution in [2.75, 3.05) is 11.4 Å². The van der Waals surface area contributed by atoms with E-state index in [0.29, 0.717) is 12.3 Å². The lowest BCUT2D eigenvalue weighted by Gasteiger charge is -2.17. The molecule has 0 aliphatic carbocycles. The van der Waals surface area contributed by atoms with Crippen molar-refractivity contribution in [1.82, 2.24) is 0 Å². The molecule has 3 rings (SSSR count). The van der Waals surface area contributed by atoms with Gasteiger partial charge in [-0.15, -0.1) is 0 Å². The summed E-state index contributed by atoms with van der Waals surface area (Å²) in [5.41, 5.74) is 2.06. The number of esters is 1. The fraction of sp³-hybridized carbons (Fsp3) is 0.263. The Labute approximate surface area is 135 Å². The number of para-hydroxylation sites is 1. The molecule has 4 heteroatoms. The zero-order valence-corrected chi connectivity index (χ0v) is 13.1. The number of aryl methyl sites for hydroxylation is 1. The lowest BCUT2D eigenvalue weighted by molar-refractivity contribution is -0.139. The van der Waals surface area contributed by atoms with Crippen molar-refractivity contribution in [3.8, 4) is 5.75 Å². The van der Waals surface area contributed by atoms with E-state index in [0.717, 1.165) is 12.1 Å². The molecule has 23 heavy (non-hydrogen) atoms. The first kappa shape index (κ1) is 15.3. The quantitative estimate of drug-likeness (QED) is 0.643. The second-order valence-electron chi connectivity index (χ2n) is 5.66. The Hall–Kier alpha value is -2.62. The normalized spacial score (nSPS) is 17.3. The summed E-state index contributed by atoms with van der Waals surface area (Å²) in [4.78, 5) is 26.1. The average Bonchev–Trinajstić information content (AvgIpc) is 2.98. The average molecular weight is 309 g/mol. The third kappa shape index (κ3) is 3.42. The van der Waals surface area contributed by atoms with Crippen LogP contribution in [0, 0.1) is 5.92 Å². The molecule has 0 bridgehead atoms. The molecule has 0 N–H and O–H groups in total. The van der Waals surface area contributed by atoms with Crippen LogP contribution in [0.4, 0.5) is 5.69 Å². The van der Waals surface area contributed by atoms with Gasteiger partial charge in [0.25, 0.3) is 0 Å². The smallest absolute Gasteiger partial charge is 0.316 e. The highest BCUT2D eigenvalue weighted by molar-refractivity contribution is 5.99. The summed E-state index contributed by atoms with van der Waals surface area (Å²) in [5.74, 6) is -0.300. The van der Waals surface area contributed by atoms with E-state index in [1.807, 2.05) is 42.5 Å². The zero-order chi connectivity index (χ0) is 16.2. The van der Waals surface area contributed by atoms with Crippen molar-refractivity contribution in [1.29, 1.82) is 0 Å². The van der Waals surface area contributed by atoms with E-state index in [9.17, 15) is 9.59 Å². The minimum atomic E-state index is -0.423. The van der Waals surface area contributed by atoms with Crippen molar-refractivity contribution < 1.29 is 14.3 Å². The van der Waals surface area contributed by atoms with Crippen LogP contribution in [0.25, 0.3) is 0 Å². The first-order chi connectivity index (χ1) is 11.2. The number of amides is 1. The second-order valence-corrected chi connectivity index (χ2v) is 5.66. The number of anilines is 1. The van der Waals surface area contributed by atoms with Gasteiger partial charge in [0.05, 0.1) is 5.92 Å². The number of nitrogens with zero attached hydrogens (tertiary/aromatic N) is 1. The summed E-state index contributed by atoms with van der Waals surface area (Å²) in [6.07, 6.45) is 1.15. The number of benzene rings is 2. The van der Waals surface area contributed by atoms with E-state index in [1.165, 1.54) is 5.56 Å². The fourth-order valence-corrected chi connectivity index (χ4v) is 2.71. The topological polar surface area (TPSA) is 46.6 Å². The van der Waals surface area contributed by atoms with Gasteiger partial charge >= 0.3 is 5.97 Å². The summed E-state index contributed by atoms with van der Waals surface area (Å²) < 4.78 is 5.35. The molecule has 0 unspecified atom stereocenters. The lowest BCUT2D eigenvalue weighted by Crippen LogP contribution is -2.27. The number of hydrogen-bond donors (Lipinski definition) is 0. The van der Waals surface area contributed by atoms with Gasteiger partial charge in [0.1, 0.15) is 5.75 Å². The van der Waals surface area contributed by atoms with Crippen molar-refractivity contribution >= 4 is 17.6 Å². The third-order valence-corrected chi connectivity index (χ3v) is 4.08. The highest BCUT2D eigenvalue weighted by atomic mass is 16.5. The van der Waals surface area contributed by atoms with Gasteiger partial charge in [0.15, 0.2) is 0 Å². The summed E-state index contributed by atoms with van der Waals surface area (Å²) in [6, 6.07) is 16.8. The predicted molar refractivity (Wildman–Crippen MR) is 88.4 cm³/mol. The summed E-state index contributed by atoms with van der Waals surface area (Å²) in [7, 11) is 0.